The lowest BCUT2D eigenvalue weighted by atomic mass is 10.1. The van der Waals surface area contributed by atoms with E-state index in [1.807, 2.05) is 11.8 Å². The van der Waals surface area contributed by atoms with E-state index >= 15 is 0 Å². The Morgan fingerprint density at radius 2 is 1.90 bits per heavy atom. The van der Waals surface area contributed by atoms with E-state index in [0.717, 1.165) is 15.6 Å². The van der Waals surface area contributed by atoms with Crippen LogP contribution in [0.5, 0.6) is 0 Å². The number of benzene rings is 1. The van der Waals surface area contributed by atoms with Crippen LogP contribution in [0.4, 0.5) is 0 Å². The SMILES string of the molecule is Cc1ccc(-c2csc3ncnc(SCC(C)C)c23)cc1. The molecule has 3 rings (SSSR count). The Hall–Kier alpha value is -1.39. The molecule has 2 heterocycles. The summed E-state index contributed by atoms with van der Waals surface area (Å²) in [5.74, 6) is 1.73. The van der Waals surface area contributed by atoms with Gasteiger partial charge in [0.05, 0.1) is 5.39 Å². The molecule has 0 radical (unpaired) electrons. The highest BCUT2D eigenvalue weighted by Gasteiger charge is 2.13. The molecule has 0 N–H and O–H groups in total. The van der Waals surface area contributed by atoms with Crippen molar-refractivity contribution >= 4 is 33.3 Å². The lowest BCUT2D eigenvalue weighted by molar-refractivity contribution is 0.749. The maximum Gasteiger partial charge on any atom is 0.128 e. The smallest absolute Gasteiger partial charge is 0.128 e. The van der Waals surface area contributed by atoms with Gasteiger partial charge in [-0.1, -0.05) is 43.7 Å². The van der Waals surface area contributed by atoms with Crippen molar-refractivity contribution in [3.05, 3.63) is 41.5 Å². The second kappa shape index (κ2) is 6.16. The van der Waals surface area contributed by atoms with Crippen LogP contribution in [0.2, 0.25) is 0 Å². The van der Waals surface area contributed by atoms with Crippen LogP contribution in [-0.2, 0) is 0 Å². The molecule has 4 heteroatoms. The van der Waals surface area contributed by atoms with Gasteiger partial charge in [0, 0.05) is 16.7 Å². The molecule has 21 heavy (non-hydrogen) atoms. The molecule has 1 aromatic carbocycles. The molecule has 0 unspecified atom stereocenters. The van der Waals surface area contributed by atoms with Crippen molar-refractivity contribution in [1.82, 2.24) is 9.97 Å². The molecule has 0 saturated carbocycles. The minimum absolute atomic E-state index is 0.654. The number of hydrogen-bond acceptors (Lipinski definition) is 4. The van der Waals surface area contributed by atoms with Gasteiger partial charge in [-0.05, 0) is 18.4 Å². The number of aryl methyl sites for hydroxylation is 1. The van der Waals surface area contributed by atoms with Gasteiger partial charge < -0.3 is 0 Å². The van der Waals surface area contributed by atoms with Crippen LogP contribution in [0, 0.1) is 12.8 Å². The van der Waals surface area contributed by atoms with Crippen molar-refractivity contribution in [3.63, 3.8) is 0 Å². The third-order valence-electron chi connectivity index (χ3n) is 3.25. The van der Waals surface area contributed by atoms with Crippen LogP contribution in [-0.4, -0.2) is 15.7 Å². The van der Waals surface area contributed by atoms with Gasteiger partial charge in [-0.2, -0.15) is 0 Å². The van der Waals surface area contributed by atoms with Crippen LogP contribution in [0.15, 0.2) is 41.0 Å². The summed E-state index contributed by atoms with van der Waals surface area (Å²) in [4.78, 5) is 10.0. The molecule has 0 bridgehead atoms. The fourth-order valence-corrected chi connectivity index (χ4v) is 4.09. The zero-order valence-electron chi connectivity index (χ0n) is 12.5. The number of thiophene rings is 1. The van der Waals surface area contributed by atoms with Crippen molar-refractivity contribution in [3.8, 4) is 11.1 Å². The second-order valence-corrected chi connectivity index (χ2v) is 7.45. The Kier molecular flexibility index (Phi) is 4.27. The normalized spacial score (nSPS) is 11.4. The van der Waals surface area contributed by atoms with Crippen LogP contribution >= 0.6 is 23.1 Å². The van der Waals surface area contributed by atoms with Gasteiger partial charge in [-0.15, -0.1) is 23.1 Å². The van der Waals surface area contributed by atoms with E-state index in [0.29, 0.717) is 5.92 Å². The van der Waals surface area contributed by atoms with E-state index < -0.39 is 0 Å². The maximum atomic E-state index is 4.51. The molecule has 2 nitrogen and oxygen atoms in total. The summed E-state index contributed by atoms with van der Waals surface area (Å²) >= 11 is 3.53. The minimum Gasteiger partial charge on any atom is -0.229 e. The summed E-state index contributed by atoms with van der Waals surface area (Å²) in [5.41, 5.74) is 3.78. The quantitative estimate of drug-likeness (QED) is 0.475. The van der Waals surface area contributed by atoms with Gasteiger partial charge in [-0.3, -0.25) is 0 Å². The second-order valence-electron chi connectivity index (χ2n) is 5.58. The number of thioether (sulfide) groups is 1. The molecule has 0 spiro atoms. The van der Waals surface area contributed by atoms with Crippen molar-refractivity contribution < 1.29 is 0 Å². The molecular weight excluding hydrogens is 296 g/mol. The summed E-state index contributed by atoms with van der Waals surface area (Å²) in [5, 5.41) is 4.51. The maximum absolute atomic E-state index is 4.51. The molecule has 0 amide bonds. The monoisotopic (exact) mass is 314 g/mol. The fraction of sp³-hybridized carbons (Fsp3) is 0.294. The predicted octanol–water partition coefficient (Wildman–Crippen LogP) is 5.41. The van der Waals surface area contributed by atoms with Crippen molar-refractivity contribution in [2.75, 3.05) is 5.75 Å². The van der Waals surface area contributed by atoms with E-state index in [1.54, 1.807) is 17.7 Å². The van der Waals surface area contributed by atoms with Crippen molar-refractivity contribution in [1.29, 1.82) is 0 Å². The Morgan fingerprint density at radius 3 is 2.62 bits per heavy atom. The van der Waals surface area contributed by atoms with Crippen LogP contribution < -0.4 is 0 Å². The summed E-state index contributed by atoms with van der Waals surface area (Å²) < 4.78 is 0. The van der Waals surface area contributed by atoms with Gasteiger partial charge >= 0.3 is 0 Å². The van der Waals surface area contributed by atoms with Gasteiger partial charge in [0.15, 0.2) is 0 Å². The first kappa shape index (κ1) is 14.5. The first-order valence-electron chi connectivity index (χ1n) is 7.07. The number of rotatable bonds is 4. The summed E-state index contributed by atoms with van der Waals surface area (Å²) in [7, 11) is 0. The van der Waals surface area contributed by atoms with Crippen LogP contribution in [0.3, 0.4) is 0 Å². The Bertz CT molecular complexity index is 745. The number of aromatic nitrogens is 2. The average molecular weight is 314 g/mol. The van der Waals surface area contributed by atoms with Crippen LogP contribution in [0.25, 0.3) is 21.3 Å². The van der Waals surface area contributed by atoms with Gasteiger partial charge in [0.2, 0.25) is 0 Å². The summed E-state index contributed by atoms with van der Waals surface area (Å²) in [6.07, 6.45) is 1.68. The van der Waals surface area contributed by atoms with E-state index in [9.17, 15) is 0 Å². The topological polar surface area (TPSA) is 25.8 Å². The standard InChI is InChI=1S/C17H18N2S2/c1-11(2)8-20-16-15-14(9-21-17(15)19-10-18-16)13-6-4-12(3)5-7-13/h4-7,9-11H,8H2,1-3H3. The minimum atomic E-state index is 0.654. The molecule has 2 aromatic heterocycles. The zero-order chi connectivity index (χ0) is 14.8. The van der Waals surface area contributed by atoms with E-state index in [4.69, 9.17) is 0 Å². The van der Waals surface area contributed by atoms with Gasteiger partial charge in [-0.25, -0.2) is 9.97 Å². The molecule has 0 aliphatic carbocycles. The van der Waals surface area contributed by atoms with E-state index in [2.05, 4.69) is 60.4 Å². The zero-order valence-corrected chi connectivity index (χ0v) is 14.1. The Labute approximate surface area is 133 Å². The van der Waals surface area contributed by atoms with E-state index in [1.165, 1.54) is 22.1 Å². The van der Waals surface area contributed by atoms with Gasteiger partial charge in [0.25, 0.3) is 0 Å². The highest BCUT2D eigenvalue weighted by Crippen LogP contribution is 2.38. The Balaban J connectivity index is 2.08. The van der Waals surface area contributed by atoms with Crippen molar-refractivity contribution in [2.45, 2.75) is 25.8 Å². The predicted molar refractivity (Wildman–Crippen MR) is 93.2 cm³/mol. The third-order valence-corrected chi connectivity index (χ3v) is 5.55. The van der Waals surface area contributed by atoms with Crippen molar-refractivity contribution in [2.24, 2.45) is 5.92 Å². The van der Waals surface area contributed by atoms with E-state index in [-0.39, 0.29) is 0 Å². The largest absolute Gasteiger partial charge is 0.229 e. The number of nitrogens with zero attached hydrogens (tertiary/aromatic N) is 2. The fourth-order valence-electron chi connectivity index (χ4n) is 2.15. The average Bonchev–Trinajstić information content (AvgIpc) is 2.90. The highest BCUT2D eigenvalue weighted by atomic mass is 32.2. The summed E-state index contributed by atoms with van der Waals surface area (Å²) in [6.45, 7) is 6.59. The third kappa shape index (κ3) is 3.11. The summed E-state index contributed by atoms with van der Waals surface area (Å²) in [6, 6.07) is 8.68. The lowest BCUT2D eigenvalue weighted by Crippen LogP contribution is -1.93. The molecule has 0 aliphatic rings. The molecular formula is C17H18N2S2. The molecule has 0 aliphatic heterocycles. The Morgan fingerprint density at radius 1 is 1.14 bits per heavy atom. The molecule has 0 atom stereocenters. The van der Waals surface area contributed by atoms with Gasteiger partial charge in [0.1, 0.15) is 16.2 Å². The molecule has 3 aromatic rings. The first-order valence-corrected chi connectivity index (χ1v) is 8.93. The molecule has 0 saturated heterocycles. The van der Waals surface area contributed by atoms with Crippen LogP contribution in [0.1, 0.15) is 19.4 Å². The lowest BCUT2D eigenvalue weighted by Gasteiger charge is -2.07. The molecule has 0 fully saturated rings. The number of fused-ring (bicyclic) bond motifs is 1. The highest BCUT2D eigenvalue weighted by molar-refractivity contribution is 7.99. The molecule has 108 valence electrons. The number of hydrogen-bond donors (Lipinski definition) is 0. The first-order chi connectivity index (χ1) is 10.1.